The summed E-state index contributed by atoms with van der Waals surface area (Å²) in [6, 6.07) is 3.62. The Morgan fingerprint density at radius 2 is 1.91 bits per heavy atom. The summed E-state index contributed by atoms with van der Waals surface area (Å²) >= 11 is 5.70. The Hall–Kier alpha value is -0.770. The van der Waals surface area contributed by atoms with Gasteiger partial charge in [0.05, 0.1) is 0 Å². The predicted molar refractivity (Wildman–Crippen MR) is 97.6 cm³/mol. The Bertz CT molecular complexity index is 466. The van der Waals surface area contributed by atoms with Gasteiger partial charge in [-0.3, -0.25) is 4.99 Å². The summed E-state index contributed by atoms with van der Waals surface area (Å²) < 4.78 is 36.0. The molecule has 0 spiro atoms. The minimum Gasteiger partial charge on any atom is -0.356 e. The fraction of sp³-hybridized carbons (Fsp3) is 0.571. The van der Waals surface area contributed by atoms with E-state index in [9.17, 15) is 13.2 Å². The zero-order valence-electron chi connectivity index (χ0n) is 12.8. The molecule has 1 aromatic rings. The molecule has 0 atom stereocenters. The lowest BCUT2D eigenvalue weighted by molar-refractivity contribution is -0.135. The van der Waals surface area contributed by atoms with E-state index in [1.54, 1.807) is 19.3 Å². The molecule has 132 valence electrons. The van der Waals surface area contributed by atoms with Crippen LogP contribution in [-0.4, -0.2) is 37.3 Å². The number of aromatic nitrogens is 1. The third-order valence-electron chi connectivity index (χ3n) is 2.90. The second kappa shape index (κ2) is 11.7. The number of aliphatic imine (C=N–C) groups is 1. The van der Waals surface area contributed by atoms with Crippen molar-refractivity contribution in [2.24, 2.45) is 4.99 Å². The number of alkyl halides is 3. The molecule has 0 aliphatic rings. The summed E-state index contributed by atoms with van der Waals surface area (Å²) in [6.07, 6.45) is -1.81. The van der Waals surface area contributed by atoms with Gasteiger partial charge in [0.1, 0.15) is 5.15 Å². The Balaban J connectivity index is 0.00000484. The van der Waals surface area contributed by atoms with E-state index in [0.717, 1.165) is 12.0 Å². The molecule has 2 N–H and O–H groups in total. The molecule has 0 saturated carbocycles. The van der Waals surface area contributed by atoms with Crippen molar-refractivity contribution in [3.05, 3.63) is 29.0 Å². The molecule has 0 aromatic carbocycles. The van der Waals surface area contributed by atoms with Crippen molar-refractivity contribution in [1.29, 1.82) is 0 Å². The first-order chi connectivity index (χ1) is 10.4. The van der Waals surface area contributed by atoms with E-state index in [0.29, 0.717) is 30.6 Å². The topological polar surface area (TPSA) is 49.3 Å². The molecule has 0 unspecified atom stereocenters. The Kier molecular flexibility index (Phi) is 11.3. The lowest BCUT2D eigenvalue weighted by Gasteiger charge is -2.12. The lowest BCUT2D eigenvalue weighted by Crippen LogP contribution is -2.38. The molecular formula is C14H21ClF3IN4. The van der Waals surface area contributed by atoms with E-state index in [4.69, 9.17) is 11.6 Å². The van der Waals surface area contributed by atoms with Crippen molar-refractivity contribution in [2.45, 2.75) is 31.9 Å². The highest BCUT2D eigenvalue weighted by Crippen LogP contribution is 2.21. The van der Waals surface area contributed by atoms with E-state index in [-0.39, 0.29) is 30.4 Å². The molecule has 0 aliphatic carbocycles. The number of halogens is 5. The fourth-order valence-corrected chi connectivity index (χ4v) is 1.87. The molecule has 23 heavy (non-hydrogen) atoms. The van der Waals surface area contributed by atoms with Crippen LogP contribution < -0.4 is 10.6 Å². The summed E-state index contributed by atoms with van der Waals surface area (Å²) in [4.78, 5) is 8.00. The van der Waals surface area contributed by atoms with Gasteiger partial charge in [-0.05, 0) is 30.9 Å². The van der Waals surface area contributed by atoms with Crippen molar-refractivity contribution >= 4 is 41.5 Å². The monoisotopic (exact) mass is 464 g/mol. The van der Waals surface area contributed by atoms with Crippen LogP contribution in [0.25, 0.3) is 0 Å². The summed E-state index contributed by atoms with van der Waals surface area (Å²) in [5.74, 6) is 0.578. The number of nitrogens with one attached hydrogen (secondary N) is 2. The molecule has 0 amide bonds. The molecule has 0 aliphatic heterocycles. The van der Waals surface area contributed by atoms with E-state index in [1.165, 1.54) is 0 Å². The largest absolute Gasteiger partial charge is 0.389 e. The van der Waals surface area contributed by atoms with Gasteiger partial charge >= 0.3 is 6.18 Å². The van der Waals surface area contributed by atoms with Crippen LogP contribution in [0.5, 0.6) is 0 Å². The standard InChI is InChI=1S/C14H20ClF3N4.HI/c1-19-13(20-8-3-2-7-14(16,17)18)21-9-6-11-4-5-12(15)22-10-11;/h4-5,10H,2-3,6-9H2,1H3,(H2,19,20,21);1H. The first-order valence-electron chi connectivity index (χ1n) is 7.02. The number of nitrogens with zero attached hydrogens (tertiary/aromatic N) is 2. The molecule has 0 radical (unpaired) electrons. The van der Waals surface area contributed by atoms with Crippen LogP contribution in [0.15, 0.2) is 23.3 Å². The van der Waals surface area contributed by atoms with Gasteiger partial charge in [-0.2, -0.15) is 13.2 Å². The average molecular weight is 465 g/mol. The van der Waals surface area contributed by atoms with Crippen LogP contribution in [-0.2, 0) is 6.42 Å². The van der Waals surface area contributed by atoms with Gasteiger partial charge in [-0.1, -0.05) is 17.7 Å². The molecule has 0 fully saturated rings. The zero-order chi connectivity index (χ0) is 16.4. The molecule has 1 heterocycles. The van der Waals surface area contributed by atoms with Gasteiger partial charge < -0.3 is 10.6 Å². The second-order valence-corrected chi connectivity index (χ2v) is 5.12. The molecule has 1 aromatic heterocycles. The maximum Gasteiger partial charge on any atom is 0.389 e. The van der Waals surface area contributed by atoms with Gasteiger partial charge in [0.15, 0.2) is 5.96 Å². The quantitative estimate of drug-likeness (QED) is 0.212. The van der Waals surface area contributed by atoms with Crippen LogP contribution >= 0.6 is 35.6 Å². The van der Waals surface area contributed by atoms with Crippen molar-refractivity contribution in [1.82, 2.24) is 15.6 Å². The van der Waals surface area contributed by atoms with Gasteiger partial charge in [0.25, 0.3) is 0 Å². The molecule has 9 heteroatoms. The third kappa shape index (κ3) is 11.4. The van der Waals surface area contributed by atoms with E-state index in [1.807, 2.05) is 6.07 Å². The molecule has 1 rings (SSSR count). The molecular weight excluding hydrogens is 444 g/mol. The number of hydrogen-bond donors (Lipinski definition) is 2. The lowest BCUT2D eigenvalue weighted by atomic mass is 10.2. The predicted octanol–water partition coefficient (Wildman–Crippen LogP) is 3.79. The van der Waals surface area contributed by atoms with Crippen LogP contribution in [0, 0.1) is 0 Å². The van der Waals surface area contributed by atoms with Crippen LogP contribution in [0.3, 0.4) is 0 Å². The highest BCUT2D eigenvalue weighted by molar-refractivity contribution is 14.0. The van der Waals surface area contributed by atoms with Gasteiger partial charge in [-0.15, -0.1) is 24.0 Å². The number of pyridine rings is 1. The van der Waals surface area contributed by atoms with Gasteiger partial charge in [0.2, 0.25) is 0 Å². The van der Waals surface area contributed by atoms with Crippen molar-refractivity contribution in [3.63, 3.8) is 0 Å². The Morgan fingerprint density at radius 1 is 1.22 bits per heavy atom. The van der Waals surface area contributed by atoms with Gasteiger partial charge in [0, 0.05) is 32.8 Å². The summed E-state index contributed by atoms with van der Waals surface area (Å²) in [5, 5.41) is 6.53. The van der Waals surface area contributed by atoms with Crippen LogP contribution in [0.4, 0.5) is 13.2 Å². The second-order valence-electron chi connectivity index (χ2n) is 4.74. The maximum atomic E-state index is 12.0. The zero-order valence-corrected chi connectivity index (χ0v) is 15.9. The maximum absolute atomic E-state index is 12.0. The minimum absolute atomic E-state index is 0. The van der Waals surface area contributed by atoms with Crippen molar-refractivity contribution in [3.8, 4) is 0 Å². The number of rotatable bonds is 7. The highest BCUT2D eigenvalue weighted by atomic mass is 127. The van der Waals surface area contributed by atoms with E-state index >= 15 is 0 Å². The SMILES string of the molecule is CN=C(NCCCCC(F)(F)F)NCCc1ccc(Cl)nc1.I. The summed E-state index contributed by atoms with van der Waals surface area (Å²) in [7, 11) is 1.62. The number of hydrogen-bond acceptors (Lipinski definition) is 2. The normalized spacial score (nSPS) is 11.8. The first kappa shape index (κ1) is 22.2. The van der Waals surface area contributed by atoms with Gasteiger partial charge in [-0.25, -0.2) is 4.98 Å². The first-order valence-corrected chi connectivity index (χ1v) is 7.40. The molecule has 0 bridgehead atoms. The third-order valence-corrected chi connectivity index (χ3v) is 3.12. The smallest absolute Gasteiger partial charge is 0.356 e. The van der Waals surface area contributed by atoms with Crippen molar-refractivity contribution < 1.29 is 13.2 Å². The van der Waals surface area contributed by atoms with E-state index in [2.05, 4.69) is 20.6 Å². The van der Waals surface area contributed by atoms with Crippen molar-refractivity contribution in [2.75, 3.05) is 20.1 Å². The number of guanidine groups is 1. The average Bonchev–Trinajstić information content (AvgIpc) is 2.46. The molecule has 0 saturated heterocycles. The number of unbranched alkanes of at least 4 members (excludes halogenated alkanes) is 1. The van der Waals surface area contributed by atoms with Crippen LogP contribution in [0.2, 0.25) is 5.15 Å². The van der Waals surface area contributed by atoms with E-state index < -0.39 is 12.6 Å². The minimum atomic E-state index is -4.08. The Labute approximate surface area is 156 Å². The fourth-order valence-electron chi connectivity index (χ4n) is 1.76. The Morgan fingerprint density at radius 3 is 2.48 bits per heavy atom. The highest BCUT2D eigenvalue weighted by Gasteiger charge is 2.25. The summed E-state index contributed by atoms with van der Waals surface area (Å²) in [5.41, 5.74) is 1.04. The van der Waals surface area contributed by atoms with Crippen LogP contribution in [0.1, 0.15) is 24.8 Å². The molecule has 4 nitrogen and oxygen atoms in total. The summed E-state index contributed by atoms with van der Waals surface area (Å²) in [6.45, 7) is 1.10.